The maximum absolute atomic E-state index is 14.1. The molecule has 5 rings (SSSR count). The van der Waals surface area contributed by atoms with Gasteiger partial charge in [-0.2, -0.15) is 0 Å². The van der Waals surface area contributed by atoms with Crippen LogP contribution in [0.2, 0.25) is 0 Å². The van der Waals surface area contributed by atoms with Gasteiger partial charge in [-0.25, -0.2) is 9.18 Å². The maximum atomic E-state index is 14.1. The van der Waals surface area contributed by atoms with Crippen molar-refractivity contribution in [1.82, 2.24) is 5.32 Å². The Labute approximate surface area is 218 Å². The summed E-state index contributed by atoms with van der Waals surface area (Å²) in [6.45, 7) is 1.85. The number of carbonyl (C=O) groups excluding carboxylic acids is 2. The molecule has 36 heavy (non-hydrogen) atoms. The molecule has 2 aromatic carbocycles. The van der Waals surface area contributed by atoms with Crippen LogP contribution in [0.25, 0.3) is 0 Å². The summed E-state index contributed by atoms with van der Waals surface area (Å²) in [6.07, 6.45) is 4.58. The lowest BCUT2D eigenvalue weighted by Gasteiger charge is -2.37. The molecule has 2 unspecified atom stereocenters. The first-order valence-electron chi connectivity index (χ1n) is 12.4. The number of ketones is 1. The van der Waals surface area contributed by atoms with Crippen molar-refractivity contribution in [3.8, 4) is 5.75 Å². The number of rotatable bonds is 5. The summed E-state index contributed by atoms with van der Waals surface area (Å²) in [5, 5.41) is 3.38. The van der Waals surface area contributed by atoms with Gasteiger partial charge in [0.15, 0.2) is 5.78 Å². The maximum Gasteiger partial charge on any atom is 0.337 e. The molecule has 0 spiro atoms. The van der Waals surface area contributed by atoms with Gasteiger partial charge in [-0.05, 0) is 84.3 Å². The van der Waals surface area contributed by atoms with E-state index in [-0.39, 0.29) is 22.3 Å². The summed E-state index contributed by atoms with van der Waals surface area (Å²) in [5.41, 5.74) is 4.10. The first-order valence-corrected chi connectivity index (χ1v) is 13.2. The van der Waals surface area contributed by atoms with Crippen molar-refractivity contribution >= 4 is 27.7 Å². The second-order valence-electron chi connectivity index (χ2n) is 9.74. The van der Waals surface area contributed by atoms with Crippen molar-refractivity contribution in [3.05, 3.63) is 86.4 Å². The van der Waals surface area contributed by atoms with Crippen molar-refractivity contribution in [3.63, 3.8) is 0 Å². The SMILES string of the molecule is COc1ccccc1C1CC(=O)C2=C(C1)NC(C)=C(C(=O)OC1CCCC1)C2c1ccc(F)c(Br)c1. The minimum atomic E-state index is -0.627. The fourth-order valence-corrected chi connectivity index (χ4v) is 6.18. The van der Waals surface area contributed by atoms with Crippen LogP contribution in [0.1, 0.15) is 68.4 Å². The van der Waals surface area contributed by atoms with Gasteiger partial charge in [0.05, 0.1) is 17.2 Å². The topological polar surface area (TPSA) is 64.6 Å². The fraction of sp³-hybridized carbons (Fsp3) is 0.379. The number of para-hydroxylation sites is 1. The van der Waals surface area contributed by atoms with Crippen molar-refractivity contribution < 1.29 is 23.5 Å². The lowest BCUT2D eigenvalue weighted by molar-refractivity contribution is -0.144. The Morgan fingerprint density at radius 2 is 1.86 bits per heavy atom. The number of esters is 1. The molecular weight excluding hydrogens is 525 g/mol. The number of nitrogens with one attached hydrogen (secondary N) is 1. The van der Waals surface area contributed by atoms with Crippen LogP contribution in [-0.2, 0) is 14.3 Å². The molecule has 3 aliphatic rings. The predicted molar refractivity (Wildman–Crippen MR) is 138 cm³/mol. The smallest absolute Gasteiger partial charge is 0.337 e. The first-order chi connectivity index (χ1) is 17.4. The lowest BCUT2D eigenvalue weighted by Crippen LogP contribution is -2.36. The van der Waals surface area contributed by atoms with E-state index in [9.17, 15) is 14.0 Å². The minimum Gasteiger partial charge on any atom is -0.496 e. The van der Waals surface area contributed by atoms with Crippen LogP contribution in [0.5, 0.6) is 5.75 Å². The average Bonchev–Trinajstić information content (AvgIpc) is 3.37. The molecule has 2 aliphatic carbocycles. The van der Waals surface area contributed by atoms with Gasteiger partial charge in [-0.15, -0.1) is 0 Å². The molecule has 2 aromatic rings. The number of benzene rings is 2. The predicted octanol–water partition coefficient (Wildman–Crippen LogP) is 6.44. The summed E-state index contributed by atoms with van der Waals surface area (Å²) < 4.78 is 25.9. The number of halogens is 2. The highest BCUT2D eigenvalue weighted by Crippen LogP contribution is 2.47. The van der Waals surface area contributed by atoms with E-state index in [4.69, 9.17) is 9.47 Å². The third kappa shape index (κ3) is 4.61. The van der Waals surface area contributed by atoms with Crippen LogP contribution in [0, 0.1) is 5.82 Å². The van der Waals surface area contributed by atoms with E-state index in [0.29, 0.717) is 35.2 Å². The lowest BCUT2D eigenvalue weighted by atomic mass is 9.71. The van der Waals surface area contributed by atoms with Crippen LogP contribution < -0.4 is 10.1 Å². The number of dihydropyridines is 1. The van der Waals surface area contributed by atoms with E-state index >= 15 is 0 Å². The molecule has 188 valence electrons. The summed E-state index contributed by atoms with van der Waals surface area (Å²) in [4.78, 5) is 27.3. The Bertz CT molecular complexity index is 1280. The number of methoxy groups -OCH3 is 1. The molecule has 1 heterocycles. The highest BCUT2D eigenvalue weighted by molar-refractivity contribution is 9.10. The monoisotopic (exact) mass is 553 g/mol. The van der Waals surface area contributed by atoms with Crippen molar-refractivity contribution in [2.45, 2.75) is 63.4 Å². The minimum absolute atomic E-state index is 0.0382. The zero-order chi connectivity index (χ0) is 25.4. The van der Waals surface area contributed by atoms with Crippen LogP contribution in [-0.4, -0.2) is 25.0 Å². The molecule has 1 N–H and O–H groups in total. The molecule has 7 heteroatoms. The van der Waals surface area contributed by atoms with Gasteiger partial charge < -0.3 is 14.8 Å². The van der Waals surface area contributed by atoms with E-state index in [1.165, 1.54) is 6.07 Å². The Kier molecular flexibility index (Phi) is 7.02. The van der Waals surface area contributed by atoms with Gasteiger partial charge in [-0.1, -0.05) is 24.3 Å². The number of carbonyl (C=O) groups is 2. The van der Waals surface area contributed by atoms with Gasteiger partial charge in [0.2, 0.25) is 0 Å². The Balaban J connectivity index is 1.57. The summed E-state index contributed by atoms with van der Waals surface area (Å²) in [6, 6.07) is 12.4. The third-order valence-corrected chi connectivity index (χ3v) is 8.09. The highest BCUT2D eigenvalue weighted by Gasteiger charge is 2.42. The standard InChI is InChI=1S/C29H29BrFNO4/c1-16-26(29(34)36-19-7-3-4-8-19)27(17-11-12-22(31)21(30)13-17)28-23(32-16)14-18(15-24(28)33)20-9-5-6-10-25(20)35-2/h5-6,9-13,18-19,27,32H,3-4,7-8,14-15H2,1-2H3. The molecule has 0 amide bonds. The normalized spacial score (nSPS) is 22.4. The van der Waals surface area contributed by atoms with E-state index in [2.05, 4.69) is 21.2 Å². The zero-order valence-corrected chi connectivity index (χ0v) is 22.0. The number of hydrogen-bond donors (Lipinski definition) is 1. The Hall–Kier alpha value is -2.93. The van der Waals surface area contributed by atoms with E-state index in [0.717, 1.165) is 42.7 Å². The summed E-state index contributed by atoms with van der Waals surface area (Å²) in [7, 11) is 1.63. The van der Waals surface area contributed by atoms with Crippen LogP contribution >= 0.6 is 15.9 Å². The Morgan fingerprint density at radius 1 is 1.11 bits per heavy atom. The molecule has 1 saturated carbocycles. The third-order valence-electron chi connectivity index (χ3n) is 7.48. The van der Waals surface area contributed by atoms with E-state index in [1.807, 2.05) is 31.2 Å². The van der Waals surface area contributed by atoms with Crippen molar-refractivity contribution in [2.24, 2.45) is 0 Å². The largest absolute Gasteiger partial charge is 0.496 e. The van der Waals surface area contributed by atoms with Gasteiger partial charge in [0, 0.05) is 35.2 Å². The molecule has 1 aliphatic heterocycles. The molecule has 2 atom stereocenters. The molecule has 0 aromatic heterocycles. The number of ether oxygens (including phenoxy) is 2. The van der Waals surface area contributed by atoms with Gasteiger partial charge in [-0.3, -0.25) is 4.79 Å². The first kappa shape index (κ1) is 24.8. The van der Waals surface area contributed by atoms with Crippen molar-refractivity contribution in [2.75, 3.05) is 7.11 Å². The van der Waals surface area contributed by atoms with Crippen LogP contribution in [0.3, 0.4) is 0 Å². The number of allylic oxidation sites excluding steroid dienone is 3. The quantitative estimate of drug-likeness (QED) is 0.431. The molecule has 1 fully saturated rings. The highest BCUT2D eigenvalue weighted by atomic mass is 79.9. The molecule has 0 saturated heterocycles. The molecule has 0 radical (unpaired) electrons. The average molecular weight is 554 g/mol. The van der Waals surface area contributed by atoms with Crippen molar-refractivity contribution in [1.29, 1.82) is 0 Å². The summed E-state index contributed by atoms with van der Waals surface area (Å²) >= 11 is 3.28. The van der Waals surface area contributed by atoms with Gasteiger partial charge in [0.25, 0.3) is 0 Å². The molecular formula is C29H29BrFNO4. The number of hydrogen-bond acceptors (Lipinski definition) is 5. The molecule has 0 bridgehead atoms. The molecule has 5 nitrogen and oxygen atoms in total. The second-order valence-corrected chi connectivity index (χ2v) is 10.6. The second kappa shape index (κ2) is 10.2. The van der Waals surface area contributed by atoms with E-state index < -0.39 is 17.7 Å². The fourth-order valence-electron chi connectivity index (χ4n) is 5.78. The van der Waals surface area contributed by atoms with Gasteiger partial charge in [0.1, 0.15) is 17.7 Å². The zero-order valence-electron chi connectivity index (χ0n) is 20.4. The number of Topliss-reactive ketones (excluding diaryl/α,β-unsaturated/α-hetero) is 1. The Morgan fingerprint density at radius 3 is 2.58 bits per heavy atom. The summed E-state index contributed by atoms with van der Waals surface area (Å²) in [5.74, 6) is -0.781. The van der Waals surface area contributed by atoms with Crippen LogP contribution in [0.4, 0.5) is 4.39 Å². The van der Waals surface area contributed by atoms with Crippen LogP contribution in [0.15, 0.2) is 69.5 Å². The van der Waals surface area contributed by atoms with Gasteiger partial charge >= 0.3 is 5.97 Å². The van der Waals surface area contributed by atoms with E-state index in [1.54, 1.807) is 19.2 Å².